The van der Waals surface area contributed by atoms with E-state index in [1.807, 2.05) is 30.0 Å². The van der Waals surface area contributed by atoms with Crippen molar-refractivity contribution < 1.29 is 0 Å². The zero-order valence-corrected chi connectivity index (χ0v) is 9.88. The monoisotopic (exact) mass is 231 g/mol. The molecule has 0 bridgehead atoms. The fraction of sp³-hybridized carbons (Fsp3) is 0.154. The molecule has 2 aromatic rings. The van der Waals surface area contributed by atoms with Crippen molar-refractivity contribution >= 4 is 11.8 Å². The van der Waals surface area contributed by atoms with Gasteiger partial charge in [-0.2, -0.15) is 0 Å². The summed E-state index contributed by atoms with van der Waals surface area (Å²) in [5.41, 5.74) is 1.84. The maximum absolute atomic E-state index is 11.2. The lowest BCUT2D eigenvalue weighted by Gasteiger charge is -2.02. The average Bonchev–Trinajstić information content (AvgIpc) is 2.30. The second-order valence-corrected chi connectivity index (χ2v) is 4.72. The van der Waals surface area contributed by atoms with Crippen molar-refractivity contribution in [3.63, 3.8) is 0 Å². The molecule has 1 aromatic carbocycles. The molecule has 3 heteroatoms. The number of pyridine rings is 1. The standard InChI is InChI=1S/C13H13NOS/c1-2-16-11-8-6-10(7-9-11)12-4-3-5-13(15)14-12/h3-9H,2H2,1H3,(H,14,15). The van der Waals surface area contributed by atoms with Crippen LogP contribution in [0, 0.1) is 0 Å². The van der Waals surface area contributed by atoms with Crippen LogP contribution in [0.5, 0.6) is 0 Å². The van der Waals surface area contributed by atoms with E-state index in [4.69, 9.17) is 0 Å². The number of hydrogen-bond donors (Lipinski definition) is 1. The SMILES string of the molecule is CCSc1ccc(-c2cccc(=O)[nH]2)cc1. The molecule has 0 fully saturated rings. The van der Waals surface area contributed by atoms with Crippen molar-refractivity contribution in [1.82, 2.24) is 4.98 Å². The number of thioether (sulfide) groups is 1. The van der Waals surface area contributed by atoms with Gasteiger partial charge in [0.2, 0.25) is 5.56 Å². The highest BCUT2D eigenvalue weighted by Gasteiger charge is 1.98. The molecule has 0 unspecified atom stereocenters. The van der Waals surface area contributed by atoms with Gasteiger partial charge in [-0.1, -0.05) is 25.1 Å². The number of H-pyrrole nitrogens is 1. The summed E-state index contributed by atoms with van der Waals surface area (Å²) in [6, 6.07) is 13.4. The number of rotatable bonds is 3. The third-order valence-electron chi connectivity index (χ3n) is 2.24. The molecule has 0 atom stereocenters. The first kappa shape index (κ1) is 11.0. The van der Waals surface area contributed by atoms with Crippen LogP contribution >= 0.6 is 11.8 Å². The van der Waals surface area contributed by atoms with Crippen molar-refractivity contribution in [2.75, 3.05) is 5.75 Å². The molecule has 0 amide bonds. The second-order valence-electron chi connectivity index (χ2n) is 3.39. The molecule has 2 rings (SSSR count). The van der Waals surface area contributed by atoms with Gasteiger partial charge in [-0.05, 0) is 29.5 Å². The van der Waals surface area contributed by atoms with Crippen LogP contribution in [0.15, 0.2) is 52.2 Å². The van der Waals surface area contributed by atoms with Crippen LogP contribution in [-0.4, -0.2) is 10.7 Å². The minimum atomic E-state index is -0.0653. The fourth-order valence-corrected chi connectivity index (χ4v) is 2.18. The molecule has 0 aliphatic heterocycles. The van der Waals surface area contributed by atoms with Crippen LogP contribution in [0.2, 0.25) is 0 Å². The molecule has 0 saturated carbocycles. The Morgan fingerprint density at radius 1 is 1.12 bits per heavy atom. The average molecular weight is 231 g/mol. The van der Waals surface area contributed by atoms with Gasteiger partial charge in [-0.3, -0.25) is 4.79 Å². The highest BCUT2D eigenvalue weighted by atomic mass is 32.2. The Morgan fingerprint density at radius 2 is 1.88 bits per heavy atom. The van der Waals surface area contributed by atoms with Crippen LogP contribution in [0.1, 0.15) is 6.92 Å². The van der Waals surface area contributed by atoms with Crippen LogP contribution < -0.4 is 5.56 Å². The van der Waals surface area contributed by atoms with E-state index >= 15 is 0 Å². The zero-order valence-electron chi connectivity index (χ0n) is 9.07. The number of hydrogen-bond acceptors (Lipinski definition) is 2. The molecule has 2 nitrogen and oxygen atoms in total. The summed E-state index contributed by atoms with van der Waals surface area (Å²) < 4.78 is 0. The molecule has 1 N–H and O–H groups in total. The molecule has 0 spiro atoms. The van der Waals surface area contributed by atoms with E-state index in [9.17, 15) is 4.79 Å². The highest BCUT2D eigenvalue weighted by molar-refractivity contribution is 7.99. The predicted octanol–water partition coefficient (Wildman–Crippen LogP) is 3.15. The lowest BCUT2D eigenvalue weighted by Crippen LogP contribution is -2.03. The van der Waals surface area contributed by atoms with Crippen LogP contribution in [-0.2, 0) is 0 Å². The third-order valence-corrected chi connectivity index (χ3v) is 3.14. The molecule has 82 valence electrons. The number of benzene rings is 1. The number of nitrogens with one attached hydrogen (secondary N) is 1. The Balaban J connectivity index is 2.31. The third kappa shape index (κ3) is 2.55. The van der Waals surface area contributed by atoms with Crippen LogP contribution in [0.4, 0.5) is 0 Å². The van der Waals surface area contributed by atoms with Gasteiger partial charge in [0, 0.05) is 16.7 Å². The van der Waals surface area contributed by atoms with E-state index in [0.717, 1.165) is 17.0 Å². The van der Waals surface area contributed by atoms with E-state index in [-0.39, 0.29) is 5.56 Å². The van der Waals surface area contributed by atoms with E-state index in [2.05, 4.69) is 24.0 Å². The van der Waals surface area contributed by atoms with Gasteiger partial charge in [-0.25, -0.2) is 0 Å². The molecule has 0 saturated heterocycles. The van der Waals surface area contributed by atoms with Gasteiger partial charge < -0.3 is 4.98 Å². The summed E-state index contributed by atoms with van der Waals surface area (Å²) in [4.78, 5) is 15.2. The predicted molar refractivity (Wildman–Crippen MR) is 68.9 cm³/mol. The van der Waals surface area contributed by atoms with Crippen molar-refractivity contribution in [3.8, 4) is 11.3 Å². The highest BCUT2D eigenvalue weighted by Crippen LogP contribution is 2.22. The van der Waals surface area contributed by atoms with Gasteiger partial charge in [0.15, 0.2) is 0 Å². The Labute approximate surface area is 98.7 Å². The van der Waals surface area contributed by atoms with Gasteiger partial charge in [0.1, 0.15) is 0 Å². The van der Waals surface area contributed by atoms with Crippen molar-refractivity contribution in [2.24, 2.45) is 0 Å². The van der Waals surface area contributed by atoms with E-state index in [0.29, 0.717) is 0 Å². The van der Waals surface area contributed by atoms with E-state index < -0.39 is 0 Å². The lowest BCUT2D eigenvalue weighted by atomic mass is 10.1. The van der Waals surface area contributed by atoms with Gasteiger partial charge in [0.05, 0.1) is 0 Å². The summed E-state index contributed by atoms with van der Waals surface area (Å²) in [5.74, 6) is 1.07. The Kier molecular flexibility index (Phi) is 3.47. The molecule has 0 aliphatic rings. The quantitative estimate of drug-likeness (QED) is 0.823. The first-order valence-corrected chi connectivity index (χ1v) is 6.21. The molecule has 0 radical (unpaired) electrons. The summed E-state index contributed by atoms with van der Waals surface area (Å²) in [5, 5.41) is 0. The van der Waals surface area contributed by atoms with Crippen LogP contribution in [0.25, 0.3) is 11.3 Å². The first-order valence-electron chi connectivity index (χ1n) is 5.22. The molecule has 1 heterocycles. The molecular formula is C13H13NOS. The normalized spacial score (nSPS) is 10.3. The smallest absolute Gasteiger partial charge is 0.248 e. The molecular weight excluding hydrogens is 218 g/mol. The number of aromatic amines is 1. The fourth-order valence-electron chi connectivity index (χ4n) is 1.51. The van der Waals surface area contributed by atoms with Gasteiger partial charge in [-0.15, -0.1) is 11.8 Å². The van der Waals surface area contributed by atoms with Crippen molar-refractivity contribution in [2.45, 2.75) is 11.8 Å². The summed E-state index contributed by atoms with van der Waals surface area (Å²) >= 11 is 1.81. The van der Waals surface area contributed by atoms with Gasteiger partial charge >= 0.3 is 0 Å². The summed E-state index contributed by atoms with van der Waals surface area (Å²) in [6.45, 7) is 2.13. The largest absolute Gasteiger partial charge is 0.322 e. The minimum absolute atomic E-state index is 0.0653. The maximum atomic E-state index is 11.2. The topological polar surface area (TPSA) is 32.9 Å². The molecule has 16 heavy (non-hydrogen) atoms. The van der Waals surface area contributed by atoms with E-state index in [1.54, 1.807) is 6.07 Å². The Bertz CT molecular complexity index is 516. The Hall–Kier alpha value is -1.48. The second kappa shape index (κ2) is 5.03. The lowest BCUT2D eigenvalue weighted by molar-refractivity contribution is 1.24. The van der Waals surface area contributed by atoms with Crippen LogP contribution in [0.3, 0.4) is 0 Å². The first-order chi connectivity index (χ1) is 7.79. The summed E-state index contributed by atoms with van der Waals surface area (Å²) in [6.07, 6.45) is 0. The van der Waals surface area contributed by atoms with Crippen molar-refractivity contribution in [3.05, 3.63) is 52.8 Å². The zero-order chi connectivity index (χ0) is 11.4. The minimum Gasteiger partial charge on any atom is -0.322 e. The number of aromatic nitrogens is 1. The maximum Gasteiger partial charge on any atom is 0.248 e. The van der Waals surface area contributed by atoms with Gasteiger partial charge in [0.25, 0.3) is 0 Å². The Morgan fingerprint density at radius 3 is 2.50 bits per heavy atom. The molecule has 1 aromatic heterocycles. The van der Waals surface area contributed by atoms with E-state index in [1.165, 1.54) is 11.0 Å². The van der Waals surface area contributed by atoms with Crippen molar-refractivity contribution in [1.29, 1.82) is 0 Å². The summed E-state index contributed by atoms with van der Waals surface area (Å²) in [7, 11) is 0. The molecule has 0 aliphatic carbocycles.